The van der Waals surface area contributed by atoms with Crippen LogP contribution in [0.5, 0.6) is 0 Å². The van der Waals surface area contributed by atoms with Crippen molar-refractivity contribution in [1.29, 1.82) is 0 Å². The van der Waals surface area contributed by atoms with Crippen LogP contribution in [-0.4, -0.2) is 16.0 Å². The van der Waals surface area contributed by atoms with E-state index in [1.54, 1.807) is 12.4 Å². The molecule has 0 saturated carbocycles. The molecule has 0 unspecified atom stereocenters. The molecule has 1 aromatic heterocycles. The van der Waals surface area contributed by atoms with Crippen molar-refractivity contribution in [3.63, 3.8) is 0 Å². The monoisotopic (exact) mass is 255 g/mol. The van der Waals surface area contributed by atoms with Crippen molar-refractivity contribution in [3.05, 3.63) is 60.4 Å². The Morgan fingerprint density at radius 1 is 1.06 bits per heavy atom. The number of amidine groups is 2. The van der Waals surface area contributed by atoms with Crippen molar-refractivity contribution >= 4 is 28.6 Å². The third-order valence-electron chi connectivity index (χ3n) is 2.44. The second kappa shape index (κ2) is 4.96. The van der Waals surface area contributed by atoms with Gasteiger partial charge >= 0.3 is 11.0 Å². The number of pyridine rings is 1. The first kappa shape index (κ1) is 10.9. The molecule has 88 valence electrons. The van der Waals surface area contributed by atoms with Gasteiger partial charge in [-0.2, -0.15) is 0 Å². The minimum atomic E-state index is 0.841. The lowest BCUT2D eigenvalue weighted by molar-refractivity contribution is 1.31. The van der Waals surface area contributed by atoms with Crippen LogP contribution in [0.2, 0.25) is 0 Å². The molecule has 2 heterocycles. The third kappa shape index (κ3) is 2.37. The van der Waals surface area contributed by atoms with Crippen LogP contribution < -0.4 is 14.7 Å². The SMILES string of the molecule is c1ccc(NC2=[N+]=C(c3ccncc3)NS2)cc1. The summed E-state index contributed by atoms with van der Waals surface area (Å²) in [5.41, 5.74) is 2.06. The van der Waals surface area contributed by atoms with Gasteiger partial charge < -0.3 is 0 Å². The second-order valence-electron chi connectivity index (χ2n) is 3.70. The van der Waals surface area contributed by atoms with E-state index in [9.17, 15) is 0 Å². The molecule has 1 aliphatic heterocycles. The van der Waals surface area contributed by atoms with Gasteiger partial charge in [0, 0.05) is 12.4 Å². The molecule has 2 aromatic rings. The lowest BCUT2D eigenvalue weighted by atomic mass is 10.2. The highest BCUT2D eigenvalue weighted by Crippen LogP contribution is 2.10. The highest BCUT2D eigenvalue weighted by Gasteiger charge is 2.22. The van der Waals surface area contributed by atoms with E-state index in [1.165, 1.54) is 11.9 Å². The van der Waals surface area contributed by atoms with Gasteiger partial charge in [0.15, 0.2) is 0 Å². The molecule has 0 spiro atoms. The number of nitrogens with one attached hydrogen (secondary N) is 2. The van der Waals surface area contributed by atoms with E-state index in [0.29, 0.717) is 0 Å². The largest absolute Gasteiger partial charge is 0.385 e. The molecular weight excluding hydrogens is 244 g/mol. The summed E-state index contributed by atoms with van der Waals surface area (Å²) in [4.78, 5) is 3.99. The van der Waals surface area contributed by atoms with Crippen molar-refractivity contribution < 1.29 is 0 Å². The maximum atomic E-state index is 4.50. The first-order valence-corrected chi connectivity index (χ1v) is 6.34. The van der Waals surface area contributed by atoms with Crippen LogP contribution in [0.15, 0.2) is 54.9 Å². The molecule has 0 fully saturated rings. The summed E-state index contributed by atoms with van der Waals surface area (Å²) in [5.74, 6) is 0.848. The highest BCUT2D eigenvalue weighted by molar-refractivity contribution is 8.13. The van der Waals surface area contributed by atoms with E-state index in [4.69, 9.17) is 0 Å². The van der Waals surface area contributed by atoms with Crippen LogP contribution >= 0.6 is 11.9 Å². The quantitative estimate of drug-likeness (QED) is 0.632. The van der Waals surface area contributed by atoms with E-state index in [2.05, 4.69) is 19.7 Å². The summed E-state index contributed by atoms with van der Waals surface area (Å²) in [6, 6.07) is 13.8. The van der Waals surface area contributed by atoms with E-state index in [0.717, 1.165) is 22.3 Å². The zero-order valence-corrected chi connectivity index (χ0v) is 10.3. The Morgan fingerprint density at radius 2 is 1.83 bits per heavy atom. The number of aromatic nitrogens is 1. The van der Waals surface area contributed by atoms with Crippen LogP contribution in [0.1, 0.15) is 5.56 Å². The normalized spacial score (nSPS) is 13.6. The van der Waals surface area contributed by atoms with Gasteiger partial charge in [-0.3, -0.25) is 10.3 Å². The Bertz CT molecular complexity index is 603. The Hall–Kier alpha value is -2.23. The van der Waals surface area contributed by atoms with Crippen molar-refractivity contribution in [1.82, 2.24) is 14.4 Å². The molecule has 2 N–H and O–H groups in total. The van der Waals surface area contributed by atoms with E-state index >= 15 is 0 Å². The number of nitrogens with zero attached hydrogens (tertiary/aromatic N) is 2. The zero-order chi connectivity index (χ0) is 12.2. The lowest BCUT2D eigenvalue weighted by Crippen LogP contribution is -2.15. The molecule has 0 aliphatic carbocycles. The Labute approximate surface area is 109 Å². The van der Waals surface area contributed by atoms with Crippen molar-refractivity contribution in [2.75, 3.05) is 5.32 Å². The van der Waals surface area contributed by atoms with Crippen LogP contribution in [0.3, 0.4) is 0 Å². The molecule has 0 bridgehead atoms. The van der Waals surface area contributed by atoms with Gasteiger partial charge in [-0.05, 0) is 24.3 Å². The fourth-order valence-electron chi connectivity index (χ4n) is 1.58. The molecule has 1 aromatic carbocycles. The molecule has 18 heavy (non-hydrogen) atoms. The van der Waals surface area contributed by atoms with Crippen LogP contribution in [0.25, 0.3) is 0 Å². The Kier molecular flexibility index (Phi) is 3.00. The van der Waals surface area contributed by atoms with Crippen molar-refractivity contribution in [3.8, 4) is 0 Å². The highest BCUT2D eigenvalue weighted by atomic mass is 32.2. The number of rotatable bonds is 2. The molecule has 0 saturated heterocycles. The predicted molar refractivity (Wildman–Crippen MR) is 76.3 cm³/mol. The van der Waals surface area contributed by atoms with E-state index in [-0.39, 0.29) is 0 Å². The fourth-order valence-corrected chi connectivity index (χ4v) is 2.24. The van der Waals surface area contributed by atoms with E-state index in [1.807, 2.05) is 42.5 Å². The Morgan fingerprint density at radius 3 is 2.61 bits per heavy atom. The number of anilines is 1. The predicted octanol–water partition coefficient (Wildman–Crippen LogP) is 1.61. The number of benzene rings is 1. The fraction of sp³-hybridized carbons (Fsp3) is 0. The Balaban J connectivity index is 1.84. The molecule has 0 amide bonds. The standard InChI is InChI=1S/C13H10N4S/c1-2-4-11(5-3-1)15-13-16-12(17-18-13)10-6-8-14-9-7-10/h1-9H,(H,15,16,17)/p+1. The van der Waals surface area contributed by atoms with Gasteiger partial charge in [-0.15, -0.1) is 0 Å². The number of para-hydroxylation sites is 1. The maximum absolute atomic E-state index is 4.50. The zero-order valence-electron chi connectivity index (χ0n) is 9.50. The number of hydrogen-bond acceptors (Lipinski definition) is 4. The topological polar surface area (TPSA) is 51.1 Å². The number of hydrogen-bond donors (Lipinski definition) is 2. The molecule has 5 heteroatoms. The van der Waals surface area contributed by atoms with Gasteiger partial charge in [0.1, 0.15) is 11.9 Å². The van der Waals surface area contributed by atoms with Gasteiger partial charge in [-0.1, -0.05) is 18.2 Å². The van der Waals surface area contributed by atoms with Gasteiger partial charge in [0.25, 0.3) is 0 Å². The smallest absolute Gasteiger partial charge is 0.265 e. The van der Waals surface area contributed by atoms with Gasteiger partial charge in [0.05, 0.1) is 11.3 Å². The molecular formula is C13H11N4S+. The van der Waals surface area contributed by atoms with Crippen molar-refractivity contribution in [2.24, 2.45) is 0 Å². The third-order valence-corrected chi connectivity index (χ3v) is 3.12. The molecule has 0 atom stereocenters. The van der Waals surface area contributed by atoms with Crippen LogP contribution in [0, 0.1) is 0 Å². The molecule has 1 aliphatic rings. The summed E-state index contributed by atoms with van der Waals surface area (Å²) in [7, 11) is 0. The van der Waals surface area contributed by atoms with E-state index < -0.39 is 0 Å². The maximum Gasteiger partial charge on any atom is 0.385 e. The molecule has 3 rings (SSSR count). The second-order valence-corrected chi connectivity index (χ2v) is 4.49. The first-order valence-electron chi connectivity index (χ1n) is 5.53. The summed E-state index contributed by atoms with van der Waals surface area (Å²) in [5, 5.41) is 4.10. The van der Waals surface area contributed by atoms with Crippen LogP contribution in [-0.2, 0) is 0 Å². The summed E-state index contributed by atoms with van der Waals surface area (Å²) < 4.78 is 7.68. The first-order chi connectivity index (χ1) is 8.92. The van der Waals surface area contributed by atoms with Crippen molar-refractivity contribution in [2.45, 2.75) is 0 Å². The average molecular weight is 255 g/mol. The molecule has 4 nitrogen and oxygen atoms in total. The summed E-state index contributed by atoms with van der Waals surface area (Å²) >= 11 is 1.47. The van der Waals surface area contributed by atoms with Gasteiger partial charge in [-0.25, -0.2) is 9.39 Å². The summed E-state index contributed by atoms with van der Waals surface area (Å²) in [6.07, 6.45) is 3.51. The average Bonchev–Trinajstić information content (AvgIpc) is 2.89. The molecule has 0 radical (unpaired) electrons. The minimum Gasteiger partial charge on any atom is -0.265 e. The minimum absolute atomic E-state index is 0.841. The lowest BCUT2D eigenvalue weighted by Gasteiger charge is -1.94. The summed E-state index contributed by atoms with van der Waals surface area (Å²) in [6.45, 7) is 0. The van der Waals surface area contributed by atoms with Gasteiger partial charge in [0.2, 0.25) is 0 Å². The van der Waals surface area contributed by atoms with Crippen LogP contribution in [0.4, 0.5) is 5.69 Å².